The second-order valence-corrected chi connectivity index (χ2v) is 4.23. The summed E-state index contributed by atoms with van der Waals surface area (Å²) in [5.74, 6) is -0.261. The summed E-state index contributed by atoms with van der Waals surface area (Å²) < 4.78 is 15.4. The standard InChI is InChI=1S/C11H10FN5/c12-9-7(4-13)10(6-2-1-3-6)17-8(9)5-15-11(14)16-17/h5-6H,1-3H2,(H2,14,16). The molecule has 17 heavy (non-hydrogen) atoms. The van der Waals surface area contributed by atoms with Gasteiger partial charge in [0.25, 0.3) is 0 Å². The van der Waals surface area contributed by atoms with E-state index >= 15 is 0 Å². The van der Waals surface area contributed by atoms with Gasteiger partial charge in [-0.1, -0.05) is 6.42 Å². The van der Waals surface area contributed by atoms with Crippen LogP contribution in [-0.2, 0) is 0 Å². The van der Waals surface area contributed by atoms with Gasteiger partial charge in [0.2, 0.25) is 5.95 Å². The van der Waals surface area contributed by atoms with Crippen LogP contribution in [0.1, 0.15) is 36.4 Å². The van der Waals surface area contributed by atoms with Crippen molar-refractivity contribution in [3.8, 4) is 6.07 Å². The van der Waals surface area contributed by atoms with Gasteiger partial charge in [0.15, 0.2) is 5.82 Å². The van der Waals surface area contributed by atoms with Gasteiger partial charge in [-0.25, -0.2) is 13.9 Å². The van der Waals surface area contributed by atoms with Gasteiger partial charge in [0.05, 0.1) is 11.9 Å². The zero-order valence-electron chi connectivity index (χ0n) is 9.02. The molecule has 1 saturated carbocycles. The monoisotopic (exact) mass is 231 g/mol. The van der Waals surface area contributed by atoms with E-state index in [1.165, 1.54) is 10.7 Å². The average molecular weight is 231 g/mol. The van der Waals surface area contributed by atoms with Crippen LogP contribution in [0.5, 0.6) is 0 Å². The summed E-state index contributed by atoms with van der Waals surface area (Å²) in [6.07, 6.45) is 4.35. The van der Waals surface area contributed by atoms with E-state index in [4.69, 9.17) is 11.0 Å². The summed E-state index contributed by atoms with van der Waals surface area (Å²) in [5.41, 5.74) is 6.44. The number of halogens is 1. The molecule has 0 saturated heterocycles. The number of nitriles is 1. The number of rotatable bonds is 1. The van der Waals surface area contributed by atoms with Crippen LogP contribution in [0.4, 0.5) is 10.3 Å². The molecule has 2 N–H and O–H groups in total. The van der Waals surface area contributed by atoms with Crippen LogP contribution >= 0.6 is 0 Å². The number of fused-ring (bicyclic) bond motifs is 1. The molecular formula is C11H10FN5. The van der Waals surface area contributed by atoms with Crippen LogP contribution in [0.25, 0.3) is 5.52 Å². The minimum absolute atomic E-state index is 0.0783. The number of nitrogens with zero attached hydrogens (tertiary/aromatic N) is 4. The maximum absolute atomic E-state index is 14.0. The Hall–Kier alpha value is -2.16. The maximum atomic E-state index is 14.0. The van der Waals surface area contributed by atoms with Gasteiger partial charge in [-0.05, 0) is 12.8 Å². The smallest absolute Gasteiger partial charge is 0.238 e. The van der Waals surface area contributed by atoms with Gasteiger partial charge < -0.3 is 5.73 Å². The van der Waals surface area contributed by atoms with Crippen LogP contribution in [0.15, 0.2) is 6.20 Å². The van der Waals surface area contributed by atoms with Gasteiger partial charge in [-0.15, -0.1) is 5.10 Å². The first-order chi connectivity index (χ1) is 8.22. The quantitative estimate of drug-likeness (QED) is 0.808. The first-order valence-electron chi connectivity index (χ1n) is 5.45. The van der Waals surface area contributed by atoms with Crippen LogP contribution in [0.2, 0.25) is 0 Å². The summed E-state index contributed by atoms with van der Waals surface area (Å²) in [6.45, 7) is 0. The van der Waals surface area contributed by atoms with Crippen LogP contribution in [0, 0.1) is 17.1 Å². The molecule has 0 amide bonds. The van der Waals surface area contributed by atoms with E-state index in [0.29, 0.717) is 5.69 Å². The normalized spacial score (nSPS) is 15.8. The second-order valence-electron chi connectivity index (χ2n) is 4.23. The minimum atomic E-state index is -0.547. The van der Waals surface area contributed by atoms with Crippen molar-refractivity contribution in [1.29, 1.82) is 5.26 Å². The molecule has 0 aliphatic heterocycles. The van der Waals surface area contributed by atoms with Gasteiger partial charge in [0.1, 0.15) is 17.1 Å². The molecule has 2 heterocycles. The first-order valence-corrected chi connectivity index (χ1v) is 5.45. The number of hydrogen-bond donors (Lipinski definition) is 1. The number of aromatic nitrogens is 3. The molecule has 5 nitrogen and oxygen atoms in total. The largest absolute Gasteiger partial charge is 0.367 e. The number of nitrogens with two attached hydrogens (primary N) is 1. The van der Waals surface area contributed by atoms with Crippen molar-refractivity contribution in [3.05, 3.63) is 23.3 Å². The van der Waals surface area contributed by atoms with Crippen LogP contribution in [0.3, 0.4) is 0 Å². The Morgan fingerprint density at radius 2 is 2.29 bits per heavy atom. The van der Waals surface area contributed by atoms with Crippen LogP contribution in [-0.4, -0.2) is 14.6 Å². The third-order valence-electron chi connectivity index (χ3n) is 3.28. The lowest BCUT2D eigenvalue weighted by atomic mass is 9.82. The Morgan fingerprint density at radius 1 is 1.53 bits per heavy atom. The van der Waals surface area contributed by atoms with Gasteiger partial charge in [-0.2, -0.15) is 5.26 Å². The first kappa shape index (κ1) is 10.0. The number of hydrogen-bond acceptors (Lipinski definition) is 4. The van der Waals surface area contributed by atoms with Gasteiger partial charge in [0, 0.05) is 5.92 Å². The second kappa shape index (κ2) is 3.42. The molecule has 0 atom stereocenters. The van der Waals surface area contributed by atoms with E-state index in [1.54, 1.807) is 0 Å². The SMILES string of the molecule is N#Cc1c(F)c2cnc(N)nn2c1C1CCC1. The van der Waals surface area contributed by atoms with Crippen molar-refractivity contribution < 1.29 is 4.39 Å². The zero-order valence-corrected chi connectivity index (χ0v) is 9.02. The van der Waals surface area contributed by atoms with Crippen molar-refractivity contribution >= 4 is 11.5 Å². The molecule has 2 aromatic rings. The Kier molecular flexibility index (Phi) is 2.01. The fourth-order valence-electron chi connectivity index (χ4n) is 2.21. The molecule has 1 fully saturated rings. The topological polar surface area (TPSA) is 80.0 Å². The summed E-state index contributed by atoms with van der Waals surface area (Å²) >= 11 is 0. The maximum Gasteiger partial charge on any atom is 0.238 e. The Labute approximate surface area is 96.7 Å². The predicted octanol–water partition coefficient (Wildman–Crippen LogP) is 1.59. The minimum Gasteiger partial charge on any atom is -0.367 e. The highest BCUT2D eigenvalue weighted by Gasteiger charge is 2.30. The fourth-order valence-corrected chi connectivity index (χ4v) is 2.21. The lowest BCUT2D eigenvalue weighted by Crippen LogP contribution is -2.14. The molecule has 0 unspecified atom stereocenters. The molecule has 3 rings (SSSR count). The van der Waals surface area contributed by atoms with Crippen molar-refractivity contribution in [3.63, 3.8) is 0 Å². The van der Waals surface area contributed by atoms with Gasteiger partial charge >= 0.3 is 0 Å². The van der Waals surface area contributed by atoms with E-state index in [1.807, 2.05) is 6.07 Å². The van der Waals surface area contributed by atoms with E-state index in [0.717, 1.165) is 19.3 Å². The molecular weight excluding hydrogens is 221 g/mol. The summed E-state index contributed by atoms with van der Waals surface area (Å²) in [7, 11) is 0. The molecule has 0 radical (unpaired) electrons. The van der Waals surface area contributed by atoms with Gasteiger partial charge in [-0.3, -0.25) is 0 Å². The Morgan fingerprint density at radius 3 is 2.88 bits per heavy atom. The van der Waals surface area contributed by atoms with Crippen LogP contribution < -0.4 is 5.73 Å². The number of anilines is 1. The van der Waals surface area contributed by atoms with Crippen molar-refractivity contribution in [1.82, 2.24) is 14.6 Å². The molecule has 1 aliphatic carbocycles. The Bertz CT molecular complexity index is 635. The van der Waals surface area contributed by atoms with Crippen molar-refractivity contribution in [2.45, 2.75) is 25.2 Å². The molecule has 2 aromatic heterocycles. The summed E-state index contributed by atoms with van der Waals surface area (Å²) in [5, 5.41) is 13.1. The number of nitrogen functional groups attached to an aromatic ring is 1. The van der Waals surface area contributed by atoms with Crippen molar-refractivity contribution in [2.24, 2.45) is 0 Å². The summed E-state index contributed by atoms with van der Waals surface area (Å²) in [6, 6.07) is 1.92. The Balaban J connectivity index is 2.36. The third-order valence-corrected chi connectivity index (χ3v) is 3.28. The fraction of sp³-hybridized carbons (Fsp3) is 0.364. The van der Waals surface area contributed by atoms with E-state index in [2.05, 4.69) is 10.1 Å². The lowest BCUT2D eigenvalue weighted by Gasteiger charge is -2.25. The highest BCUT2D eigenvalue weighted by molar-refractivity contribution is 5.58. The summed E-state index contributed by atoms with van der Waals surface area (Å²) in [4.78, 5) is 3.76. The molecule has 0 bridgehead atoms. The molecule has 1 aliphatic rings. The lowest BCUT2D eigenvalue weighted by molar-refractivity contribution is 0.404. The molecule has 6 heteroatoms. The predicted molar refractivity (Wildman–Crippen MR) is 58.7 cm³/mol. The molecule has 0 spiro atoms. The van der Waals surface area contributed by atoms with E-state index in [-0.39, 0.29) is 22.9 Å². The third kappa shape index (κ3) is 1.29. The van der Waals surface area contributed by atoms with Crippen molar-refractivity contribution in [2.75, 3.05) is 5.73 Å². The molecule has 86 valence electrons. The van der Waals surface area contributed by atoms with E-state index in [9.17, 15) is 4.39 Å². The average Bonchev–Trinajstić information content (AvgIpc) is 2.50. The highest BCUT2D eigenvalue weighted by atomic mass is 19.1. The highest BCUT2D eigenvalue weighted by Crippen LogP contribution is 2.39. The molecule has 0 aromatic carbocycles. The zero-order chi connectivity index (χ0) is 12.0. The van der Waals surface area contributed by atoms with E-state index < -0.39 is 5.82 Å².